The molecule has 1 N–H and O–H groups in total. The second kappa shape index (κ2) is 10.4. The minimum atomic E-state index is 0.477. The molecule has 3 aliphatic rings. The van der Waals surface area contributed by atoms with E-state index in [0.29, 0.717) is 6.04 Å². The van der Waals surface area contributed by atoms with E-state index >= 15 is 0 Å². The van der Waals surface area contributed by atoms with Gasteiger partial charge < -0.3 is 10.2 Å². The van der Waals surface area contributed by atoms with E-state index in [-0.39, 0.29) is 0 Å². The molecule has 1 aromatic heterocycles. The van der Waals surface area contributed by atoms with Gasteiger partial charge in [-0.1, -0.05) is 44.9 Å². The van der Waals surface area contributed by atoms with Gasteiger partial charge in [0.25, 0.3) is 0 Å². The molecule has 0 radical (unpaired) electrons. The van der Waals surface area contributed by atoms with Gasteiger partial charge in [-0.2, -0.15) is 4.98 Å². The van der Waals surface area contributed by atoms with E-state index in [2.05, 4.69) is 26.2 Å². The van der Waals surface area contributed by atoms with Crippen LogP contribution in [0.3, 0.4) is 0 Å². The number of aromatic nitrogens is 2. The quantitative estimate of drug-likeness (QED) is 0.751. The topological polar surface area (TPSA) is 44.3 Å². The van der Waals surface area contributed by atoms with Crippen molar-refractivity contribution in [2.45, 2.75) is 95.6 Å². The van der Waals surface area contributed by atoms with Gasteiger partial charge in [0.1, 0.15) is 5.82 Å². The number of anilines is 2. The van der Waals surface area contributed by atoms with Crippen LogP contribution in [0, 0.1) is 0 Å². The van der Waals surface area contributed by atoms with Gasteiger partial charge >= 0.3 is 0 Å². The highest BCUT2D eigenvalue weighted by molar-refractivity contribution is 5.43. The van der Waals surface area contributed by atoms with Gasteiger partial charge in [0.05, 0.1) is 0 Å². The summed E-state index contributed by atoms with van der Waals surface area (Å²) in [6.45, 7) is 4.70. The number of hydrogen-bond donors (Lipinski definition) is 1. The Bertz CT molecular complexity index is 576. The number of nitrogens with zero attached hydrogens (tertiary/aromatic N) is 4. The highest BCUT2D eigenvalue weighted by atomic mass is 15.2. The van der Waals surface area contributed by atoms with E-state index in [9.17, 15) is 0 Å². The van der Waals surface area contributed by atoms with Crippen LogP contribution in [-0.4, -0.2) is 53.1 Å². The fourth-order valence-corrected chi connectivity index (χ4v) is 5.32. The molecule has 0 bridgehead atoms. The maximum atomic E-state index is 4.90. The summed E-state index contributed by atoms with van der Waals surface area (Å²) >= 11 is 0. The van der Waals surface area contributed by atoms with Crippen molar-refractivity contribution >= 4 is 11.8 Å². The molecule has 3 heterocycles. The Balaban J connectivity index is 1.38. The third-order valence-corrected chi connectivity index (χ3v) is 6.95. The van der Waals surface area contributed by atoms with Crippen LogP contribution >= 0.6 is 0 Å². The lowest BCUT2D eigenvalue weighted by Gasteiger charge is -2.32. The smallest absolute Gasteiger partial charge is 0.224 e. The molecule has 2 aliphatic heterocycles. The Morgan fingerprint density at radius 2 is 1.46 bits per heavy atom. The molecule has 1 atom stereocenters. The van der Waals surface area contributed by atoms with Crippen LogP contribution in [0.4, 0.5) is 11.8 Å². The minimum absolute atomic E-state index is 0.477. The lowest BCUT2D eigenvalue weighted by Crippen LogP contribution is -2.42. The van der Waals surface area contributed by atoms with Crippen LogP contribution in [0.25, 0.3) is 0 Å². The third-order valence-electron chi connectivity index (χ3n) is 6.95. The van der Waals surface area contributed by atoms with Gasteiger partial charge in [0.15, 0.2) is 0 Å². The van der Waals surface area contributed by atoms with E-state index in [1.165, 1.54) is 90.0 Å². The summed E-state index contributed by atoms with van der Waals surface area (Å²) in [7, 11) is 0. The van der Waals surface area contributed by atoms with Crippen LogP contribution in [0.15, 0.2) is 12.3 Å². The predicted octanol–water partition coefficient (Wildman–Crippen LogP) is 4.85. The average molecular weight is 386 g/mol. The fraction of sp³-hybridized carbons (Fsp3) is 0.826. The normalized spacial score (nSPS) is 26.3. The SMILES string of the molecule is c1cc(N2CCCCCC2)nc(NC2CCCCN(C3CCCCCC3)C2)n1. The minimum Gasteiger partial charge on any atom is -0.356 e. The summed E-state index contributed by atoms with van der Waals surface area (Å²) in [6, 6.07) is 3.36. The summed E-state index contributed by atoms with van der Waals surface area (Å²) in [4.78, 5) is 14.7. The summed E-state index contributed by atoms with van der Waals surface area (Å²) in [6.07, 6.45) is 19.6. The molecule has 3 fully saturated rings. The molecule has 0 amide bonds. The molecule has 1 saturated carbocycles. The molecular weight excluding hydrogens is 346 g/mol. The first-order valence-electron chi connectivity index (χ1n) is 12.0. The number of likely N-dealkylation sites (tertiary alicyclic amines) is 1. The van der Waals surface area contributed by atoms with E-state index < -0.39 is 0 Å². The van der Waals surface area contributed by atoms with Crippen molar-refractivity contribution in [1.82, 2.24) is 14.9 Å². The van der Waals surface area contributed by atoms with Gasteiger partial charge in [-0.25, -0.2) is 4.98 Å². The van der Waals surface area contributed by atoms with E-state index in [1.54, 1.807) is 0 Å². The molecule has 1 aromatic rings. The van der Waals surface area contributed by atoms with E-state index in [1.807, 2.05) is 6.20 Å². The first kappa shape index (κ1) is 19.9. The maximum absolute atomic E-state index is 4.90. The molecule has 0 spiro atoms. The second-order valence-corrected chi connectivity index (χ2v) is 9.12. The zero-order chi connectivity index (χ0) is 19.0. The number of hydrogen-bond acceptors (Lipinski definition) is 5. The molecule has 1 unspecified atom stereocenters. The van der Waals surface area contributed by atoms with Crippen LogP contribution in [-0.2, 0) is 0 Å². The summed E-state index contributed by atoms with van der Waals surface area (Å²) in [5, 5.41) is 3.71. The van der Waals surface area contributed by atoms with Crippen molar-refractivity contribution in [3.05, 3.63) is 12.3 Å². The van der Waals surface area contributed by atoms with Crippen molar-refractivity contribution in [1.29, 1.82) is 0 Å². The standard InChI is InChI=1S/C23H39N5/c1-2-6-13-21(12-5-1)28-18-10-7-11-20(19-28)25-23-24-15-14-22(26-23)27-16-8-3-4-9-17-27/h14-15,20-21H,1-13,16-19H2,(H,24,25,26). The summed E-state index contributed by atoms with van der Waals surface area (Å²) < 4.78 is 0. The molecule has 2 saturated heterocycles. The van der Waals surface area contributed by atoms with E-state index in [4.69, 9.17) is 4.98 Å². The summed E-state index contributed by atoms with van der Waals surface area (Å²) in [5.74, 6) is 1.93. The van der Waals surface area contributed by atoms with Gasteiger partial charge in [0, 0.05) is 37.9 Å². The molecule has 1 aliphatic carbocycles. The van der Waals surface area contributed by atoms with Gasteiger partial charge in [-0.05, 0) is 51.1 Å². The average Bonchev–Trinajstić information content (AvgIpc) is 3.23. The molecular formula is C23H39N5. The maximum Gasteiger partial charge on any atom is 0.224 e. The van der Waals surface area contributed by atoms with Gasteiger partial charge in [-0.15, -0.1) is 0 Å². The first-order chi connectivity index (χ1) is 13.9. The monoisotopic (exact) mass is 385 g/mol. The van der Waals surface area contributed by atoms with Crippen LogP contribution < -0.4 is 10.2 Å². The van der Waals surface area contributed by atoms with Crippen LogP contribution in [0.5, 0.6) is 0 Å². The lowest BCUT2D eigenvalue weighted by atomic mass is 10.1. The largest absolute Gasteiger partial charge is 0.356 e. The highest BCUT2D eigenvalue weighted by Gasteiger charge is 2.25. The Hall–Kier alpha value is -1.36. The van der Waals surface area contributed by atoms with Crippen molar-refractivity contribution in [2.24, 2.45) is 0 Å². The van der Waals surface area contributed by atoms with Crippen molar-refractivity contribution in [3.63, 3.8) is 0 Å². The van der Waals surface area contributed by atoms with Crippen molar-refractivity contribution in [2.75, 3.05) is 36.4 Å². The lowest BCUT2D eigenvalue weighted by molar-refractivity contribution is 0.181. The van der Waals surface area contributed by atoms with Gasteiger partial charge in [0.2, 0.25) is 5.95 Å². The van der Waals surface area contributed by atoms with Crippen LogP contribution in [0.2, 0.25) is 0 Å². The molecule has 5 nitrogen and oxygen atoms in total. The summed E-state index contributed by atoms with van der Waals surface area (Å²) in [5.41, 5.74) is 0. The Kier molecular flexibility index (Phi) is 7.42. The second-order valence-electron chi connectivity index (χ2n) is 9.12. The van der Waals surface area contributed by atoms with Gasteiger partial charge in [-0.3, -0.25) is 4.90 Å². The first-order valence-corrected chi connectivity index (χ1v) is 12.0. The van der Waals surface area contributed by atoms with Crippen molar-refractivity contribution in [3.8, 4) is 0 Å². The highest BCUT2D eigenvalue weighted by Crippen LogP contribution is 2.25. The molecule has 0 aromatic carbocycles. The zero-order valence-electron chi connectivity index (χ0n) is 17.6. The van der Waals surface area contributed by atoms with Crippen LogP contribution in [0.1, 0.15) is 83.5 Å². The number of nitrogens with one attached hydrogen (secondary N) is 1. The Morgan fingerprint density at radius 1 is 0.786 bits per heavy atom. The number of rotatable bonds is 4. The third kappa shape index (κ3) is 5.59. The zero-order valence-corrected chi connectivity index (χ0v) is 17.6. The molecule has 28 heavy (non-hydrogen) atoms. The predicted molar refractivity (Wildman–Crippen MR) is 117 cm³/mol. The molecule has 5 heteroatoms. The Morgan fingerprint density at radius 3 is 2.25 bits per heavy atom. The van der Waals surface area contributed by atoms with Crippen molar-refractivity contribution < 1.29 is 0 Å². The molecule has 156 valence electrons. The molecule has 4 rings (SSSR count). The fourth-order valence-electron chi connectivity index (χ4n) is 5.32. The Labute approximate surface area is 171 Å². The van der Waals surface area contributed by atoms with E-state index in [0.717, 1.165) is 37.4 Å².